The summed E-state index contributed by atoms with van der Waals surface area (Å²) in [7, 11) is 2.91. The van der Waals surface area contributed by atoms with Crippen molar-refractivity contribution in [2.75, 3.05) is 24.4 Å². The number of hydrogen-bond donors (Lipinski definition) is 2. The number of anilines is 2. The van der Waals surface area contributed by atoms with Crippen LogP contribution in [0.3, 0.4) is 0 Å². The average molecular weight is 444 g/mol. The van der Waals surface area contributed by atoms with Crippen LogP contribution in [0.25, 0.3) is 0 Å². The van der Waals surface area contributed by atoms with Crippen molar-refractivity contribution >= 4 is 46.2 Å². The number of hydrogen-bond acceptors (Lipinski definition) is 7. The number of carboxylic acid groups (broad SMARTS) is 1. The third-order valence-corrected chi connectivity index (χ3v) is 5.55. The lowest BCUT2D eigenvalue weighted by Gasteiger charge is -2.18. The molecule has 0 aliphatic carbocycles. The molecule has 2 aromatic carbocycles. The maximum Gasteiger partial charge on any atom is 0.307 e. The average Bonchev–Trinajstić information content (AvgIpc) is 3.01. The summed E-state index contributed by atoms with van der Waals surface area (Å²) in [4.78, 5) is 49.4. The minimum atomic E-state index is -0.948. The number of imide groups is 1. The van der Waals surface area contributed by atoms with E-state index in [2.05, 4.69) is 5.32 Å². The van der Waals surface area contributed by atoms with Crippen molar-refractivity contribution in [3.05, 3.63) is 48.0 Å². The smallest absolute Gasteiger partial charge is 0.307 e. The fourth-order valence-corrected chi connectivity index (χ4v) is 4.01. The molecule has 1 heterocycles. The molecule has 0 aromatic heterocycles. The molecule has 2 aromatic rings. The van der Waals surface area contributed by atoms with E-state index in [1.54, 1.807) is 42.5 Å². The Morgan fingerprint density at radius 3 is 2.42 bits per heavy atom. The molecule has 1 aliphatic heterocycles. The van der Waals surface area contributed by atoms with Crippen molar-refractivity contribution in [1.29, 1.82) is 0 Å². The predicted octanol–water partition coefficient (Wildman–Crippen LogP) is 2.93. The summed E-state index contributed by atoms with van der Waals surface area (Å²) in [5.74, 6) is -1.08. The summed E-state index contributed by atoms with van der Waals surface area (Å²) in [6.07, 6.45) is -0.310. The second-order valence-electron chi connectivity index (χ2n) is 6.60. The van der Waals surface area contributed by atoms with Gasteiger partial charge in [0.25, 0.3) is 5.24 Å². The van der Waals surface area contributed by atoms with Crippen molar-refractivity contribution in [2.45, 2.75) is 18.1 Å². The number of benzene rings is 2. The molecule has 2 N–H and O–H groups in total. The molecule has 1 saturated heterocycles. The van der Waals surface area contributed by atoms with Gasteiger partial charge in [0.15, 0.2) is 0 Å². The van der Waals surface area contributed by atoms with Crippen molar-refractivity contribution < 1.29 is 33.8 Å². The van der Waals surface area contributed by atoms with E-state index in [-0.39, 0.29) is 18.5 Å². The van der Waals surface area contributed by atoms with E-state index in [0.717, 1.165) is 16.7 Å². The maximum absolute atomic E-state index is 12.8. The zero-order chi connectivity index (χ0) is 22.5. The van der Waals surface area contributed by atoms with Gasteiger partial charge in [-0.1, -0.05) is 12.1 Å². The minimum absolute atomic E-state index is 0.117. The van der Waals surface area contributed by atoms with E-state index in [4.69, 9.17) is 14.6 Å². The highest BCUT2D eigenvalue weighted by atomic mass is 32.2. The highest BCUT2D eigenvalue weighted by molar-refractivity contribution is 8.15. The lowest BCUT2D eigenvalue weighted by molar-refractivity contribution is -0.136. The van der Waals surface area contributed by atoms with Crippen molar-refractivity contribution in [1.82, 2.24) is 0 Å². The number of nitrogens with one attached hydrogen (secondary N) is 1. The van der Waals surface area contributed by atoms with Crippen LogP contribution in [-0.4, -0.2) is 47.6 Å². The highest BCUT2D eigenvalue weighted by Crippen LogP contribution is 2.39. The topological polar surface area (TPSA) is 122 Å². The molecule has 31 heavy (non-hydrogen) atoms. The first kappa shape index (κ1) is 22.2. The third kappa shape index (κ3) is 5.15. The lowest BCUT2D eigenvalue weighted by Crippen LogP contribution is -2.33. The van der Waals surface area contributed by atoms with E-state index in [1.165, 1.54) is 14.2 Å². The van der Waals surface area contributed by atoms with E-state index < -0.39 is 28.3 Å². The molecule has 0 bridgehead atoms. The fourth-order valence-electron chi connectivity index (χ4n) is 3.04. The summed E-state index contributed by atoms with van der Waals surface area (Å²) in [6, 6.07) is 11.1. The molecule has 0 saturated carbocycles. The molecule has 1 unspecified atom stereocenters. The highest BCUT2D eigenvalue weighted by Gasteiger charge is 2.42. The van der Waals surface area contributed by atoms with Gasteiger partial charge in [0.1, 0.15) is 16.7 Å². The van der Waals surface area contributed by atoms with E-state index in [1.807, 2.05) is 0 Å². The van der Waals surface area contributed by atoms with E-state index in [0.29, 0.717) is 22.7 Å². The minimum Gasteiger partial charge on any atom is -0.497 e. The SMILES string of the molecule is COc1ccc(N2C(=O)SC(CC(=O)Nc3ccc(CC(=O)O)cc3)C2=O)c(OC)c1. The van der Waals surface area contributed by atoms with Gasteiger partial charge in [-0.15, -0.1) is 0 Å². The second kappa shape index (κ2) is 9.52. The number of ether oxygens (including phenoxy) is 2. The number of rotatable bonds is 8. The number of carbonyl (C=O) groups is 4. The Morgan fingerprint density at radius 2 is 1.81 bits per heavy atom. The van der Waals surface area contributed by atoms with Gasteiger partial charge >= 0.3 is 5.97 Å². The zero-order valence-electron chi connectivity index (χ0n) is 16.8. The van der Waals surface area contributed by atoms with Gasteiger partial charge in [0, 0.05) is 18.2 Å². The summed E-state index contributed by atoms with van der Waals surface area (Å²) >= 11 is 0.778. The summed E-state index contributed by atoms with van der Waals surface area (Å²) in [5.41, 5.74) is 1.35. The number of nitrogens with zero attached hydrogens (tertiary/aromatic N) is 1. The first-order valence-electron chi connectivity index (χ1n) is 9.19. The molecule has 0 spiro atoms. The molecule has 10 heteroatoms. The van der Waals surface area contributed by atoms with Crippen LogP contribution in [0.5, 0.6) is 11.5 Å². The summed E-state index contributed by atoms with van der Waals surface area (Å²) in [5, 5.41) is 10.1. The number of thioether (sulfide) groups is 1. The maximum atomic E-state index is 12.8. The van der Waals surface area contributed by atoms with Crippen LogP contribution in [0, 0.1) is 0 Å². The quantitative estimate of drug-likeness (QED) is 0.637. The van der Waals surface area contributed by atoms with Crippen molar-refractivity contribution in [3.63, 3.8) is 0 Å². The van der Waals surface area contributed by atoms with Crippen molar-refractivity contribution in [3.8, 4) is 11.5 Å². The Bertz CT molecular complexity index is 1020. The van der Waals surface area contributed by atoms with Crippen LogP contribution >= 0.6 is 11.8 Å². The molecule has 3 amide bonds. The van der Waals surface area contributed by atoms with Crippen molar-refractivity contribution in [2.24, 2.45) is 0 Å². The second-order valence-corrected chi connectivity index (χ2v) is 7.76. The molecule has 0 radical (unpaired) electrons. The molecule has 1 fully saturated rings. The van der Waals surface area contributed by atoms with Gasteiger partial charge in [-0.3, -0.25) is 19.2 Å². The predicted molar refractivity (Wildman–Crippen MR) is 115 cm³/mol. The van der Waals surface area contributed by atoms with E-state index in [9.17, 15) is 19.2 Å². The molecular weight excluding hydrogens is 424 g/mol. The third-order valence-electron chi connectivity index (χ3n) is 4.51. The molecule has 1 aliphatic rings. The van der Waals surface area contributed by atoms with Gasteiger partial charge in [-0.05, 0) is 41.6 Å². The first-order chi connectivity index (χ1) is 14.8. The molecule has 162 valence electrons. The zero-order valence-corrected chi connectivity index (χ0v) is 17.6. The number of carbonyl (C=O) groups excluding carboxylic acids is 3. The number of amides is 3. The van der Waals surface area contributed by atoms with Gasteiger partial charge in [-0.25, -0.2) is 4.90 Å². The largest absolute Gasteiger partial charge is 0.497 e. The molecule has 1 atom stereocenters. The molecular formula is C21H20N2O7S. The summed E-state index contributed by atoms with van der Waals surface area (Å²) in [6.45, 7) is 0. The molecule has 3 rings (SSSR count). The fraction of sp³-hybridized carbons (Fsp3) is 0.238. The Hall–Kier alpha value is -3.53. The first-order valence-corrected chi connectivity index (χ1v) is 10.1. The Morgan fingerprint density at radius 1 is 1.10 bits per heavy atom. The number of aliphatic carboxylic acids is 1. The van der Waals surface area contributed by atoms with Crippen LogP contribution in [0.4, 0.5) is 16.2 Å². The van der Waals surface area contributed by atoms with Crippen LogP contribution in [0.2, 0.25) is 0 Å². The van der Waals surface area contributed by atoms with Crippen LogP contribution in [0.15, 0.2) is 42.5 Å². The Kier molecular flexibility index (Phi) is 6.81. The van der Waals surface area contributed by atoms with Crippen LogP contribution < -0.4 is 19.7 Å². The van der Waals surface area contributed by atoms with Crippen LogP contribution in [-0.2, 0) is 20.8 Å². The van der Waals surface area contributed by atoms with Gasteiger partial charge in [0.2, 0.25) is 11.8 Å². The normalized spacial score (nSPS) is 15.7. The number of methoxy groups -OCH3 is 2. The standard InChI is InChI=1S/C21H20N2O7S/c1-29-14-7-8-15(16(10-14)30-2)23-20(27)17(31-21(23)28)11-18(24)22-13-5-3-12(4-6-13)9-19(25)26/h3-8,10,17H,9,11H2,1-2H3,(H,22,24)(H,25,26). The number of carboxylic acids is 1. The Labute approximate surface area is 182 Å². The van der Waals surface area contributed by atoms with Gasteiger partial charge in [-0.2, -0.15) is 0 Å². The van der Waals surface area contributed by atoms with Crippen LogP contribution in [0.1, 0.15) is 12.0 Å². The Balaban J connectivity index is 1.67. The lowest BCUT2D eigenvalue weighted by atomic mass is 10.1. The summed E-state index contributed by atoms with van der Waals surface area (Å²) < 4.78 is 10.4. The molecule has 9 nitrogen and oxygen atoms in total. The van der Waals surface area contributed by atoms with E-state index >= 15 is 0 Å². The van der Waals surface area contributed by atoms with Gasteiger partial charge in [0.05, 0.1) is 26.3 Å². The van der Waals surface area contributed by atoms with Gasteiger partial charge < -0.3 is 19.9 Å². The monoisotopic (exact) mass is 444 g/mol.